The highest BCUT2D eigenvalue weighted by molar-refractivity contribution is 5.27. The predicted octanol–water partition coefficient (Wildman–Crippen LogP) is 2.92. The van der Waals surface area contributed by atoms with E-state index in [9.17, 15) is 22.0 Å². The molecule has 7 heteroatoms. The summed E-state index contributed by atoms with van der Waals surface area (Å²) in [5.41, 5.74) is -1.02. The molecule has 0 N–H and O–H groups in total. The lowest BCUT2D eigenvalue weighted by Crippen LogP contribution is -2.18. The molecule has 0 fully saturated rings. The molecule has 0 bridgehead atoms. The fourth-order valence-electron chi connectivity index (χ4n) is 0.778. The Balaban J connectivity index is 2.96. The number of hydrogen-bond acceptors (Lipinski definition) is 2. The van der Waals surface area contributed by atoms with E-state index in [4.69, 9.17) is 0 Å². The van der Waals surface area contributed by atoms with Crippen LogP contribution in [0.3, 0.4) is 0 Å². The molecule has 0 unspecified atom stereocenters. The van der Waals surface area contributed by atoms with E-state index >= 15 is 0 Å². The quantitative estimate of drug-likeness (QED) is 0.704. The molecule has 2 nitrogen and oxygen atoms in total. The van der Waals surface area contributed by atoms with Crippen LogP contribution in [0.2, 0.25) is 0 Å². The maximum atomic E-state index is 12.1. The minimum atomic E-state index is -4.99. The van der Waals surface area contributed by atoms with Gasteiger partial charge in [0, 0.05) is 6.20 Å². The first-order valence-electron chi connectivity index (χ1n) is 3.39. The van der Waals surface area contributed by atoms with Crippen molar-refractivity contribution in [3.05, 3.63) is 24.0 Å². The number of rotatable bonds is 2. The van der Waals surface area contributed by atoms with Crippen molar-refractivity contribution >= 4 is 0 Å². The molecule has 0 spiro atoms. The average Bonchev–Trinajstić information content (AvgIpc) is 2.01. The zero-order valence-corrected chi connectivity index (χ0v) is 6.55. The van der Waals surface area contributed by atoms with Gasteiger partial charge in [-0.15, -0.1) is 13.2 Å². The van der Waals surface area contributed by atoms with Crippen molar-refractivity contribution in [1.82, 2.24) is 4.98 Å². The number of alkyl halides is 5. The molecular weight excluding hydrogens is 209 g/mol. The molecule has 0 saturated carbocycles. The number of pyridine rings is 1. The van der Waals surface area contributed by atoms with Crippen LogP contribution in [0, 0.1) is 0 Å². The van der Waals surface area contributed by atoms with Crippen molar-refractivity contribution in [1.29, 1.82) is 0 Å². The van der Waals surface area contributed by atoms with Gasteiger partial charge in [-0.1, -0.05) is 0 Å². The van der Waals surface area contributed by atoms with Crippen LogP contribution in [-0.2, 0) is 0 Å². The lowest BCUT2D eigenvalue weighted by Gasteiger charge is -2.11. The third kappa shape index (κ3) is 2.82. The number of hydrogen-bond donors (Lipinski definition) is 0. The highest BCUT2D eigenvalue weighted by Gasteiger charge is 2.33. The summed E-state index contributed by atoms with van der Waals surface area (Å²) in [6.07, 6.45) is -7.13. The standard InChI is InChI=1S/C7H4F5NO/c8-6(9)5-4(2-1-3-13-5)14-7(10,11)12/h1-3,6H. The minimum absolute atomic E-state index is 0.780. The molecule has 0 aliphatic rings. The zero-order valence-electron chi connectivity index (χ0n) is 6.55. The van der Waals surface area contributed by atoms with Crippen molar-refractivity contribution < 1.29 is 26.7 Å². The molecule has 1 rings (SSSR count). The first kappa shape index (κ1) is 10.7. The van der Waals surface area contributed by atoms with Crippen molar-refractivity contribution in [2.24, 2.45) is 0 Å². The summed E-state index contributed by atoms with van der Waals surface area (Å²) in [4.78, 5) is 3.09. The lowest BCUT2D eigenvalue weighted by molar-refractivity contribution is -0.275. The molecule has 0 amide bonds. The van der Waals surface area contributed by atoms with E-state index in [0.717, 1.165) is 18.3 Å². The van der Waals surface area contributed by atoms with Gasteiger partial charge < -0.3 is 4.74 Å². The Labute approximate surface area is 75.3 Å². The number of aromatic nitrogens is 1. The van der Waals surface area contributed by atoms with E-state index in [2.05, 4.69) is 9.72 Å². The molecule has 0 atom stereocenters. The predicted molar refractivity (Wildman–Crippen MR) is 35.9 cm³/mol. The fourth-order valence-corrected chi connectivity index (χ4v) is 0.778. The molecule has 0 aromatic carbocycles. The van der Waals surface area contributed by atoms with E-state index in [1.807, 2.05) is 0 Å². The van der Waals surface area contributed by atoms with Gasteiger partial charge in [-0.05, 0) is 12.1 Å². The van der Waals surface area contributed by atoms with Crippen LogP contribution >= 0.6 is 0 Å². The van der Waals surface area contributed by atoms with E-state index < -0.39 is 24.2 Å². The highest BCUT2D eigenvalue weighted by atomic mass is 19.4. The maximum Gasteiger partial charge on any atom is 0.573 e. The minimum Gasteiger partial charge on any atom is -0.404 e. The first-order valence-corrected chi connectivity index (χ1v) is 3.39. The van der Waals surface area contributed by atoms with Crippen molar-refractivity contribution in [2.45, 2.75) is 12.8 Å². The Morgan fingerprint density at radius 3 is 2.43 bits per heavy atom. The molecule has 0 aliphatic heterocycles. The largest absolute Gasteiger partial charge is 0.573 e. The zero-order chi connectivity index (χ0) is 10.8. The molecule has 1 aromatic rings. The summed E-state index contributed by atoms with van der Waals surface area (Å²) in [6, 6.07) is 1.86. The Hall–Kier alpha value is -1.40. The summed E-state index contributed by atoms with van der Waals surface area (Å²) in [7, 11) is 0. The Morgan fingerprint density at radius 1 is 1.29 bits per heavy atom. The van der Waals surface area contributed by atoms with E-state index in [-0.39, 0.29) is 0 Å². The van der Waals surface area contributed by atoms with Gasteiger partial charge in [-0.3, -0.25) is 4.98 Å². The van der Waals surface area contributed by atoms with Crippen LogP contribution < -0.4 is 4.74 Å². The summed E-state index contributed by atoms with van der Waals surface area (Å²) < 4.78 is 62.6. The summed E-state index contributed by atoms with van der Waals surface area (Å²) in [6.45, 7) is 0. The molecule has 78 valence electrons. The Morgan fingerprint density at radius 2 is 1.93 bits per heavy atom. The van der Waals surface area contributed by atoms with Crippen LogP contribution in [0.4, 0.5) is 22.0 Å². The van der Waals surface area contributed by atoms with E-state index in [0.29, 0.717) is 0 Å². The van der Waals surface area contributed by atoms with Crippen LogP contribution in [0.15, 0.2) is 18.3 Å². The maximum absolute atomic E-state index is 12.1. The van der Waals surface area contributed by atoms with Gasteiger partial charge in [0.05, 0.1) is 0 Å². The summed E-state index contributed by atoms with van der Waals surface area (Å²) in [5, 5.41) is 0. The second-order valence-corrected chi connectivity index (χ2v) is 2.24. The average molecular weight is 213 g/mol. The van der Waals surface area contributed by atoms with Gasteiger partial charge in [0.15, 0.2) is 5.75 Å². The number of nitrogens with zero attached hydrogens (tertiary/aromatic N) is 1. The topological polar surface area (TPSA) is 22.1 Å². The second-order valence-electron chi connectivity index (χ2n) is 2.24. The van der Waals surface area contributed by atoms with Crippen molar-refractivity contribution in [2.75, 3.05) is 0 Å². The normalized spacial score (nSPS) is 11.9. The van der Waals surface area contributed by atoms with Gasteiger partial charge in [-0.2, -0.15) is 0 Å². The Kier molecular flexibility index (Phi) is 2.87. The molecule has 1 aromatic heterocycles. The Bertz CT molecular complexity index is 311. The molecular formula is C7H4F5NO. The van der Waals surface area contributed by atoms with Gasteiger partial charge in [0.2, 0.25) is 0 Å². The molecule has 0 saturated heterocycles. The SMILES string of the molecule is FC(F)c1ncccc1OC(F)(F)F. The van der Waals surface area contributed by atoms with Gasteiger partial charge in [-0.25, -0.2) is 8.78 Å². The number of ether oxygens (including phenoxy) is 1. The lowest BCUT2D eigenvalue weighted by atomic mass is 10.3. The summed E-state index contributed by atoms with van der Waals surface area (Å²) in [5.74, 6) is -0.977. The van der Waals surface area contributed by atoms with E-state index in [1.165, 1.54) is 0 Å². The molecule has 0 radical (unpaired) electrons. The number of halogens is 5. The first-order chi connectivity index (χ1) is 6.40. The monoisotopic (exact) mass is 213 g/mol. The third-order valence-corrected chi connectivity index (χ3v) is 1.23. The molecule has 1 heterocycles. The highest BCUT2D eigenvalue weighted by Crippen LogP contribution is 2.30. The third-order valence-electron chi connectivity index (χ3n) is 1.23. The van der Waals surface area contributed by atoms with Gasteiger partial charge in [0.1, 0.15) is 5.69 Å². The van der Waals surface area contributed by atoms with Gasteiger partial charge in [0.25, 0.3) is 6.43 Å². The van der Waals surface area contributed by atoms with Gasteiger partial charge >= 0.3 is 6.36 Å². The van der Waals surface area contributed by atoms with E-state index in [1.54, 1.807) is 0 Å². The van der Waals surface area contributed by atoms with Crippen LogP contribution in [0.5, 0.6) is 5.75 Å². The summed E-state index contributed by atoms with van der Waals surface area (Å²) >= 11 is 0. The van der Waals surface area contributed by atoms with Crippen molar-refractivity contribution in [3.63, 3.8) is 0 Å². The smallest absolute Gasteiger partial charge is 0.404 e. The van der Waals surface area contributed by atoms with Crippen LogP contribution in [-0.4, -0.2) is 11.3 Å². The van der Waals surface area contributed by atoms with Crippen LogP contribution in [0.1, 0.15) is 12.1 Å². The molecule has 14 heavy (non-hydrogen) atoms. The second kappa shape index (κ2) is 3.77. The van der Waals surface area contributed by atoms with Crippen molar-refractivity contribution in [3.8, 4) is 5.75 Å². The van der Waals surface area contributed by atoms with Crippen LogP contribution in [0.25, 0.3) is 0 Å². The fraction of sp³-hybridized carbons (Fsp3) is 0.286. The molecule has 0 aliphatic carbocycles.